The van der Waals surface area contributed by atoms with E-state index in [2.05, 4.69) is 10.4 Å². The van der Waals surface area contributed by atoms with E-state index in [0.29, 0.717) is 5.39 Å². The third-order valence-electron chi connectivity index (χ3n) is 4.12. The van der Waals surface area contributed by atoms with Gasteiger partial charge in [0, 0.05) is 13.1 Å². The first-order valence-electron chi connectivity index (χ1n) is 7.35. The lowest BCUT2D eigenvalue weighted by molar-refractivity contribution is 0.0930. The number of carbonyl (C=O) groups excluding carboxylic acids is 1. The molecule has 0 spiro atoms. The van der Waals surface area contributed by atoms with Crippen LogP contribution < -0.4 is 10.7 Å². The first-order valence-corrected chi connectivity index (χ1v) is 7.35. The highest BCUT2D eigenvalue weighted by Gasteiger charge is 2.22. The molecule has 110 valence electrons. The fourth-order valence-corrected chi connectivity index (χ4v) is 2.96. The highest BCUT2D eigenvalue weighted by atomic mass is 16.2. The number of benzene rings is 1. The Bertz CT molecular complexity index is 758. The van der Waals surface area contributed by atoms with E-state index in [0.717, 1.165) is 36.8 Å². The average Bonchev–Trinajstić information content (AvgIpc) is 2.95. The summed E-state index contributed by atoms with van der Waals surface area (Å²) in [6.45, 7) is 1.93. The van der Waals surface area contributed by atoms with E-state index >= 15 is 0 Å². The van der Waals surface area contributed by atoms with Crippen molar-refractivity contribution in [2.45, 2.75) is 38.6 Å². The molecule has 1 saturated carbocycles. The molecule has 1 aromatic carbocycles. The number of aryl methyl sites for hydroxylation is 2. The Morgan fingerprint density at radius 1 is 1.33 bits per heavy atom. The van der Waals surface area contributed by atoms with Crippen molar-refractivity contribution in [1.29, 1.82) is 0 Å². The first kappa shape index (κ1) is 13.8. The van der Waals surface area contributed by atoms with Crippen LogP contribution >= 0.6 is 0 Å². The number of hydrogen-bond donors (Lipinski definition) is 1. The topological polar surface area (TPSA) is 64.0 Å². The number of rotatable bonds is 2. The van der Waals surface area contributed by atoms with Crippen LogP contribution in [0.3, 0.4) is 0 Å². The lowest BCUT2D eigenvalue weighted by atomic mass is 10.1. The summed E-state index contributed by atoms with van der Waals surface area (Å²) in [4.78, 5) is 24.8. The largest absolute Gasteiger partial charge is 0.348 e. The zero-order valence-corrected chi connectivity index (χ0v) is 12.3. The second-order valence-electron chi connectivity index (χ2n) is 5.78. The van der Waals surface area contributed by atoms with Crippen LogP contribution in [0.4, 0.5) is 0 Å². The van der Waals surface area contributed by atoms with Crippen molar-refractivity contribution in [2.75, 3.05) is 0 Å². The summed E-state index contributed by atoms with van der Waals surface area (Å²) in [5.41, 5.74) is 1.43. The Kier molecular flexibility index (Phi) is 3.49. The standard InChI is InChI=1S/C16H19N3O2/c1-10-7-8-13-12(9-10)15(20)14(18-19(13)2)16(21)17-11-5-3-4-6-11/h7-9,11H,3-6H2,1-2H3,(H,17,21). The summed E-state index contributed by atoms with van der Waals surface area (Å²) in [5.74, 6) is -0.356. The molecule has 1 fully saturated rings. The van der Waals surface area contributed by atoms with E-state index in [9.17, 15) is 9.59 Å². The first-order chi connectivity index (χ1) is 10.1. The van der Waals surface area contributed by atoms with Crippen LogP contribution in [0.5, 0.6) is 0 Å². The second-order valence-corrected chi connectivity index (χ2v) is 5.78. The van der Waals surface area contributed by atoms with Crippen LogP contribution in [0.15, 0.2) is 23.0 Å². The van der Waals surface area contributed by atoms with E-state index in [1.54, 1.807) is 11.7 Å². The van der Waals surface area contributed by atoms with Gasteiger partial charge in [-0.2, -0.15) is 5.10 Å². The molecule has 0 bridgehead atoms. The molecule has 1 heterocycles. The fourth-order valence-electron chi connectivity index (χ4n) is 2.96. The van der Waals surface area contributed by atoms with Crippen molar-refractivity contribution in [3.8, 4) is 0 Å². The maximum Gasteiger partial charge on any atom is 0.276 e. The molecule has 1 aliphatic carbocycles. The molecule has 0 radical (unpaired) electrons. The number of hydrogen-bond acceptors (Lipinski definition) is 3. The zero-order chi connectivity index (χ0) is 15.0. The van der Waals surface area contributed by atoms with Crippen LogP contribution in [-0.4, -0.2) is 21.7 Å². The Morgan fingerprint density at radius 3 is 2.76 bits per heavy atom. The van der Waals surface area contributed by atoms with Crippen LogP contribution in [0.2, 0.25) is 0 Å². The molecule has 0 aliphatic heterocycles. The van der Waals surface area contributed by atoms with Crippen molar-refractivity contribution in [3.05, 3.63) is 39.7 Å². The van der Waals surface area contributed by atoms with E-state index in [1.165, 1.54) is 0 Å². The molecule has 21 heavy (non-hydrogen) atoms. The number of fused-ring (bicyclic) bond motifs is 1. The minimum atomic E-state index is -0.356. The molecular formula is C16H19N3O2. The van der Waals surface area contributed by atoms with Gasteiger partial charge in [0.15, 0.2) is 5.69 Å². The molecule has 1 N–H and O–H groups in total. The van der Waals surface area contributed by atoms with E-state index in [-0.39, 0.29) is 23.1 Å². The van der Waals surface area contributed by atoms with Crippen LogP contribution in [0.25, 0.3) is 10.9 Å². The summed E-state index contributed by atoms with van der Waals surface area (Å²) in [7, 11) is 1.75. The van der Waals surface area contributed by atoms with E-state index < -0.39 is 0 Å². The Hall–Kier alpha value is -2.17. The minimum absolute atomic E-state index is 0.0116. The molecule has 5 nitrogen and oxygen atoms in total. The van der Waals surface area contributed by atoms with Gasteiger partial charge in [0.1, 0.15) is 0 Å². The quantitative estimate of drug-likeness (QED) is 0.916. The molecule has 3 rings (SSSR count). The van der Waals surface area contributed by atoms with E-state index in [4.69, 9.17) is 0 Å². The Morgan fingerprint density at radius 2 is 2.05 bits per heavy atom. The highest BCUT2D eigenvalue weighted by molar-refractivity contribution is 5.95. The van der Waals surface area contributed by atoms with Crippen molar-refractivity contribution < 1.29 is 4.79 Å². The fraction of sp³-hybridized carbons (Fsp3) is 0.438. The molecule has 0 saturated heterocycles. The van der Waals surface area contributed by atoms with Gasteiger partial charge in [0.05, 0.1) is 10.9 Å². The molecule has 5 heteroatoms. The van der Waals surface area contributed by atoms with E-state index in [1.807, 2.05) is 25.1 Å². The van der Waals surface area contributed by atoms with Gasteiger partial charge in [0.2, 0.25) is 5.43 Å². The van der Waals surface area contributed by atoms with Crippen molar-refractivity contribution in [1.82, 2.24) is 15.1 Å². The Labute approximate surface area is 123 Å². The monoisotopic (exact) mass is 285 g/mol. The molecule has 0 atom stereocenters. The third kappa shape index (κ3) is 2.55. The predicted octanol–water partition coefficient (Wildman–Crippen LogP) is 1.91. The van der Waals surface area contributed by atoms with Crippen LogP contribution in [0.1, 0.15) is 41.7 Å². The van der Waals surface area contributed by atoms with Gasteiger partial charge >= 0.3 is 0 Å². The molecule has 1 amide bonds. The predicted molar refractivity (Wildman–Crippen MR) is 81.4 cm³/mol. The van der Waals surface area contributed by atoms with Crippen molar-refractivity contribution >= 4 is 16.8 Å². The smallest absolute Gasteiger partial charge is 0.276 e. The maximum atomic E-state index is 12.5. The minimum Gasteiger partial charge on any atom is -0.348 e. The average molecular weight is 285 g/mol. The molecule has 1 aliphatic rings. The summed E-state index contributed by atoms with van der Waals surface area (Å²) < 4.78 is 1.60. The van der Waals surface area contributed by atoms with Crippen LogP contribution in [0, 0.1) is 6.92 Å². The van der Waals surface area contributed by atoms with Crippen LogP contribution in [-0.2, 0) is 7.05 Å². The third-order valence-corrected chi connectivity index (χ3v) is 4.12. The number of aromatic nitrogens is 2. The SMILES string of the molecule is Cc1ccc2c(c1)c(=O)c(C(=O)NC1CCCC1)nn2C. The molecule has 1 aromatic heterocycles. The summed E-state index contributed by atoms with van der Waals surface area (Å²) in [6, 6.07) is 5.78. The van der Waals surface area contributed by atoms with Gasteiger partial charge in [-0.05, 0) is 31.9 Å². The highest BCUT2D eigenvalue weighted by Crippen LogP contribution is 2.18. The van der Waals surface area contributed by atoms with Crippen molar-refractivity contribution in [2.24, 2.45) is 7.05 Å². The van der Waals surface area contributed by atoms with Crippen molar-refractivity contribution in [3.63, 3.8) is 0 Å². The van der Waals surface area contributed by atoms with Gasteiger partial charge < -0.3 is 5.32 Å². The molecular weight excluding hydrogens is 266 g/mol. The Balaban J connectivity index is 2.04. The van der Waals surface area contributed by atoms with Gasteiger partial charge in [-0.15, -0.1) is 0 Å². The molecule has 2 aromatic rings. The summed E-state index contributed by atoms with van der Waals surface area (Å²) >= 11 is 0. The van der Waals surface area contributed by atoms with Gasteiger partial charge in [-0.25, -0.2) is 0 Å². The summed E-state index contributed by atoms with van der Waals surface area (Å²) in [6.07, 6.45) is 4.23. The number of amides is 1. The number of nitrogens with zero attached hydrogens (tertiary/aromatic N) is 2. The maximum absolute atomic E-state index is 12.5. The number of carbonyl (C=O) groups is 1. The summed E-state index contributed by atoms with van der Waals surface area (Å²) in [5, 5.41) is 7.64. The lowest BCUT2D eigenvalue weighted by Crippen LogP contribution is -2.37. The number of nitrogens with one attached hydrogen (secondary N) is 1. The second kappa shape index (κ2) is 5.31. The van der Waals surface area contributed by atoms with Gasteiger partial charge in [0.25, 0.3) is 5.91 Å². The van der Waals surface area contributed by atoms with Gasteiger partial charge in [-0.3, -0.25) is 14.3 Å². The van der Waals surface area contributed by atoms with Gasteiger partial charge in [-0.1, -0.05) is 24.5 Å². The molecule has 0 unspecified atom stereocenters. The zero-order valence-electron chi connectivity index (χ0n) is 12.3. The normalized spacial score (nSPS) is 15.5. The lowest BCUT2D eigenvalue weighted by Gasteiger charge is -2.12.